The van der Waals surface area contributed by atoms with Crippen LogP contribution in [0.4, 0.5) is 5.69 Å². The zero-order valence-corrected chi connectivity index (χ0v) is 15.9. The molecule has 0 radical (unpaired) electrons. The topological polar surface area (TPSA) is 78.6 Å². The third kappa shape index (κ3) is 3.93. The first-order chi connectivity index (χ1) is 13.0. The van der Waals surface area contributed by atoms with Crippen molar-refractivity contribution in [2.24, 2.45) is 0 Å². The molecule has 1 aliphatic rings. The fourth-order valence-electron chi connectivity index (χ4n) is 3.52. The molecule has 27 heavy (non-hydrogen) atoms. The summed E-state index contributed by atoms with van der Waals surface area (Å²) in [6.07, 6.45) is 3.43. The van der Waals surface area contributed by atoms with E-state index in [9.17, 15) is 9.59 Å². The first kappa shape index (κ1) is 19.2. The highest BCUT2D eigenvalue weighted by molar-refractivity contribution is 6.30. The molecule has 5 nitrogen and oxygen atoms in total. The van der Waals surface area contributed by atoms with Crippen molar-refractivity contribution in [3.05, 3.63) is 58.1 Å². The summed E-state index contributed by atoms with van der Waals surface area (Å²) in [6.45, 7) is 2.21. The van der Waals surface area contributed by atoms with Gasteiger partial charge in [-0.2, -0.15) is 0 Å². The summed E-state index contributed by atoms with van der Waals surface area (Å²) in [6, 6.07) is 10.4. The van der Waals surface area contributed by atoms with Crippen molar-refractivity contribution in [2.45, 2.75) is 31.6 Å². The molecule has 0 saturated heterocycles. The first-order valence-electron chi connectivity index (χ1n) is 8.94. The number of aldehydes is 1. The van der Waals surface area contributed by atoms with Crippen molar-refractivity contribution in [2.75, 3.05) is 18.9 Å². The Balaban J connectivity index is 1.82. The van der Waals surface area contributed by atoms with Crippen molar-refractivity contribution in [1.82, 2.24) is 0 Å². The van der Waals surface area contributed by atoms with Gasteiger partial charge in [-0.25, -0.2) is 4.79 Å². The first-order valence-corrected chi connectivity index (χ1v) is 9.31. The maximum absolute atomic E-state index is 12.0. The summed E-state index contributed by atoms with van der Waals surface area (Å²) < 4.78 is 10.9. The fraction of sp³-hybridized carbons (Fsp3) is 0.333. The lowest BCUT2D eigenvalue weighted by Crippen LogP contribution is -2.38. The summed E-state index contributed by atoms with van der Waals surface area (Å²) in [5.41, 5.74) is 8.02. The maximum atomic E-state index is 12.0. The molecule has 0 spiro atoms. The van der Waals surface area contributed by atoms with Gasteiger partial charge in [-0.1, -0.05) is 17.7 Å². The minimum absolute atomic E-state index is 0.175. The maximum Gasteiger partial charge on any atom is 0.338 e. The third-order valence-corrected chi connectivity index (χ3v) is 5.14. The Bertz CT molecular complexity index is 867. The van der Waals surface area contributed by atoms with Gasteiger partial charge < -0.3 is 20.0 Å². The Labute approximate surface area is 163 Å². The molecule has 2 aromatic carbocycles. The SMILES string of the molecule is CCOC(=O)c1ccc(OC[C@@]2(C=O)CCCc3cc(Cl)ccc32)c(N)c1. The van der Waals surface area contributed by atoms with Crippen LogP contribution in [0.1, 0.15) is 41.3 Å². The van der Waals surface area contributed by atoms with Crippen molar-refractivity contribution in [1.29, 1.82) is 0 Å². The largest absolute Gasteiger partial charge is 0.490 e. The molecule has 2 N–H and O–H groups in total. The number of carbonyl (C=O) groups is 2. The van der Waals surface area contributed by atoms with Crippen LogP contribution in [0.5, 0.6) is 5.75 Å². The lowest BCUT2D eigenvalue weighted by molar-refractivity contribution is -0.114. The molecular weight excluding hydrogens is 366 g/mol. The Kier molecular flexibility index (Phi) is 5.71. The number of hydrogen-bond acceptors (Lipinski definition) is 5. The molecule has 0 amide bonds. The van der Waals surface area contributed by atoms with Gasteiger partial charge in [0.05, 0.1) is 23.3 Å². The minimum Gasteiger partial charge on any atom is -0.490 e. The molecule has 0 heterocycles. The molecule has 3 rings (SSSR count). The minimum atomic E-state index is -0.732. The van der Waals surface area contributed by atoms with Gasteiger partial charge in [-0.3, -0.25) is 0 Å². The second-order valence-corrected chi connectivity index (χ2v) is 7.13. The number of nitrogens with two attached hydrogens (primary N) is 1. The molecular formula is C21H22ClNO4. The summed E-state index contributed by atoms with van der Waals surface area (Å²) >= 11 is 6.10. The van der Waals surface area contributed by atoms with Crippen LogP contribution in [-0.4, -0.2) is 25.5 Å². The average Bonchev–Trinajstić information content (AvgIpc) is 2.66. The number of hydrogen-bond donors (Lipinski definition) is 1. The van der Waals surface area contributed by atoms with Gasteiger partial charge in [0.15, 0.2) is 0 Å². The van der Waals surface area contributed by atoms with E-state index in [-0.39, 0.29) is 6.61 Å². The van der Waals surface area contributed by atoms with Crippen LogP contribution in [0, 0.1) is 0 Å². The molecule has 0 fully saturated rings. The molecule has 0 saturated carbocycles. The Morgan fingerprint density at radius 1 is 1.30 bits per heavy atom. The van der Waals surface area contributed by atoms with Crippen LogP contribution in [0.2, 0.25) is 5.02 Å². The molecule has 0 unspecified atom stereocenters. The average molecular weight is 388 g/mol. The highest BCUT2D eigenvalue weighted by atomic mass is 35.5. The normalized spacial score (nSPS) is 18.4. The molecule has 2 aromatic rings. The molecule has 1 aliphatic carbocycles. The number of carbonyl (C=O) groups excluding carboxylic acids is 2. The van der Waals surface area contributed by atoms with Gasteiger partial charge in [0.25, 0.3) is 0 Å². The number of esters is 1. The Morgan fingerprint density at radius 3 is 2.81 bits per heavy atom. The van der Waals surface area contributed by atoms with Gasteiger partial charge in [0, 0.05) is 5.02 Å². The predicted molar refractivity (Wildman–Crippen MR) is 104 cm³/mol. The predicted octanol–water partition coefficient (Wildman–Crippen LogP) is 3.95. The van der Waals surface area contributed by atoms with E-state index in [0.717, 1.165) is 30.3 Å². The second-order valence-electron chi connectivity index (χ2n) is 6.69. The number of halogens is 1. The van der Waals surface area contributed by atoms with Gasteiger partial charge >= 0.3 is 5.97 Å². The van der Waals surface area contributed by atoms with E-state index in [0.29, 0.717) is 35.1 Å². The van der Waals surface area contributed by atoms with E-state index in [1.54, 1.807) is 25.1 Å². The molecule has 1 atom stereocenters. The van der Waals surface area contributed by atoms with Crippen molar-refractivity contribution in [3.8, 4) is 5.75 Å². The Morgan fingerprint density at radius 2 is 2.11 bits per heavy atom. The van der Waals surface area contributed by atoms with Crippen LogP contribution in [-0.2, 0) is 21.4 Å². The van der Waals surface area contributed by atoms with E-state index >= 15 is 0 Å². The molecule has 0 aromatic heterocycles. The third-order valence-electron chi connectivity index (χ3n) is 4.90. The van der Waals surface area contributed by atoms with Crippen molar-refractivity contribution < 1.29 is 19.1 Å². The number of rotatable bonds is 6. The number of aryl methyl sites for hydroxylation is 1. The van der Waals surface area contributed by atoms with Crippen LogP contribution < -0.4 is 10.5 Å². The van der Waals surface area contributed by atoms with E-state index in [1.165, 1.54) is 6.07 Å². The van der Waals surface area contributed by atoms with E-state index < -0.39 is 11.4 Å². The summed E-state index contributed by atoms with van der Waals surface area (Å²) in [5.74, 6) is 0.00330. The van der Waals surface area contributed by atoms with Gasteiger partial charge in [0.2, 0.25) is 0 Å². The molecule has 0 bridgehead atoms. The molecule has 0 aliphatic heterocycles. The quantitative estimate of drug-likeness (QED) is 0.461. The number of benzene rings is 2. The molecule has 142 valence electrons. The highest BCUT2D eigenvalue weighted by Crippen LogP contribution is 2.38. The van der Waals surface area contributed by atoms with Gasteiger partial charge in [-0.05, 0) is 67.6 Å². The highest BCUT2D eigenvalue weighted by Gasteiger charge is 2.37. The zero-order valence-electron chi connectivity index (χ0n) is 15.2. The van der Waals surface area contributed by atoms with Crippen LogP contribution in [0.3, 0.4) is 0 Å². The van der Waals surface area contributed by atoms with Gasteiger partial charge in [0.1, 0.15) is 18.6 Å². The van der Waals surface area contributed by atoms with Gasteiger partial charge in [-0.15, -0.1) is 0 Å². The van der Waals surface area contributed by atoms with Crippen LogP contribution >= 0.6 is 11.6 Å². The monoisotopic (exact) mass is 387 g/mol. The smallest absolute Gasteiger partial charge is 0.338 e. The van der Waals surface area contributed by atoms with Crippen molar-refractivity contribution in [3.63, 3.8) is 0 Å². The fourth-order valence-corrected chi connectivity index (χ4v) is 3.71. The number of ether oxygens (including phenoxy) is 2. The van der Waals surface area contributed by atoms with E-state index in [1.807, 2.05) is 12.1 Å². The standard InChI is InChI=1S/C21H22ClNO4/c1-2-26-20(25)15-5-8-19(18(23)11-15)27-13-21(12-24)9-3-4-14-10-16(22)6-7-17(14)21/h5-8,10-12H,2-4,9,13,23H2,1H3/t21-/m0/s1. The second kappa shape index (κ2) is 8.01. The summed E-state index contributed by atoms with van der Waals surface area (Å²) in [4.78, 5) is 23.8. The summed E-state index contributed by atoms with van der Waals surface area (Å²) in [5, 5.41) is 0.662. The number of anilines is 1. The lowest BCUT2D eigenvalue weighted by Gasteiger charge is -2.34. The number of nitrogen functional groups attached to an aromatic ring is 1. The van der Waals surface area contributed by atoms with E-state index in [2.05, 4.69) is 0 Å². The van der Waals surface area contributed by atoms with E-state index in [4.69, 9.17) is 26.8 Å². The summed E-state index contributed by atoms with van der Waals surface area (Å²) in [7, 11) is 0. The molecule has 6 heteroatoms. The lowest BCUT2D eigenvalue weighted by atomic mass is 9.71. The zero-order chi connectivity index (χ0) is 19.4. The van der Waals surface area contributed by atoms with Crippen molar-refractivity contribution >= 4 is 29.5 Å². The Hall–Kier alpha value is -2.53. The van der Waals surface area contributed by atoms with Crippen LogP contribution in [0.25, 0.3) is 0 Å². The van der Waals surface area contributed by atoms with Crippen LogP contribution in [0.15, 0.2) is 36.4 Å². The number of fused-ring (bicyclic) bond motifs is 1.